The van der Waals surface area contributed by atoms with Crippen molar-refractivity contribution in [2.75, 3.05) is 10.6 Å². The van der Waals surface area contributed by atoms with Crippen LogP contribution in [0.3, 0.4) is 0 Å². The van der Waals surface area contributed by atoms with E-state index in [9.17, 15) is 14.0 Å². The summed E-state index contributed by atoms with van der Waals surface area (Å²) >= 11 is 5.96. The lowest BCUT2D eigenvalue weighted by atomic mass is 10.1. The molecule has 0 unspecified atom stereocenters. The number of para-hydroxylation sites is 1. The topological polar surface area (TPSA) is 71.3 Å². The van der Waals surface area contributed by atoms with Gasteiger partial charge in [0.15, 0.2) is 0 Å². The Morgan fingerprint density at radius 2 is 1.66 bits per heavy atom. The third kappa shape index (κ3) is 3.97. The number of hydrogen-bond acceptors (Lipinski definition) is 3. The summed E-state index contributed by atoms with van der Waals surface area (Å²) in [5.41, 5.74) is 1.25. The standard InChI is InChI=1S/C22H14ClFN2O3/c23-14-6-3-5-13(11-14)21(27)26-19-17-9-1-2-10-18(17)29-20(19)22(28)25-16-8-4-7-15(24)12-16/h1-12H,(H,25,28)(H,26,27). The van der Waals surface area contributed by atoms with Crippen LogP contribution in [0.2, 0.25) is 5.02 Å². The predicted molar refractivity (Wildman–Crippen MR) is 110 cm³/mol. The summed E-state index contributed by atoms with van der Waals surface area (Å²) < 4.78 is 19.1. The normalized spacial score (nSPS) is 10.7. The summed E-state index contributed by atoms with van der Waals surface area (Å²) in [6.07, 6.45) is 0. The minimum absolute atomic E-state index is 0.0918. The molecular formula is C22H14ClFN2O3. The molecule has 0 radical (unpaired) electrons. The van der Waals surface area contributed by atoms with Gasteiger partial charge in [0.1, 0.15) is 17.1 Å². The highest BCUT2D eigenvalue weighted by Gasteiger charge is 2.23. The first-order valence-corrected chi connectivity index (χ1v) is 9.04. The zero-order chi connectivity index (χ0) is 20.4. The molecule has 144 valence electrons. The Morgan fingerprint density at radius 3 is 2.45 bits per heavy atom. The zero-order valence-corrected chi connectivity index (χ0v) is 15.7. The Labute approximate surface area is 170 Å². The molecule has 0 aliphatic rings. The maximum Gasteiger partial charge on any atom is 0.293 e. The SMILES string of the molecule is O=C(Nc1c(C(=O)Nc2cccc(F)c2)oc2ccccc12)c1cccc(Cl)c1. The molecule has 0 atom stereocenters. The number of nitrogens with one attached hydrogen (secondary N) is 2. The molecule has 0 saturated heterocycles. The van der Waals surface area contributed by atoms with Crippen LogP contribution >= 0.6 is 11.6 Å². The number of benzene rings is 3. The highest BCUT2D eigenvalue weighted by Crippen LogP contribution is 2.32. The Hall–Kier alpha value is -3.64. The quantitative estimate of drug-likeness (QED) is 0.453. The predicted octanol–water partition coefficient (Wildman–Crippen LogP) is 5.73. The summed E-state index contributed by atoms with van der Waals surface area (Å²) in [6, 6.07) is 18.9. The molecule has 29 heavy (non-hydrogen) atoms. The van der Waals surface area contributed by atoms with Crippen LogP contribution in [-0.2, 0) is 0 Å². The number of amides is 2. The number of carbonyl (C=O) groups is 2. The van der Waals surface area contributed by atoms with E-state index in [4.69, 9.17) is 16.0 Å². The monoisotopic (exact) mass is 408 g/mol. The Kier molecular flexibility index (Phi) is 5.01. The molecule has 3 aromatic carbocycles. The van der Waals surface area contributed by atoms with Gasteiger partial charge in [-0.1, -0.05) is 35.9 Å². The third-order valence-corrected chi connectivity index (χ3v) is 4.44. The molecule has 1 aromatic heterocycles. The third-order valence-electron chi connectivity index (χ3n) is 4.21. The number of rotatable bonds is 4. The van der Waals surface area contributed by atoms with E-state index in [0.717, 1.165) is 0 Å². The first-order valence-electron chi connectivity index (χ1n) is 8.66. The van der Waals surface area contributed by atoms with Gasteiger partial charge in [-0.3, -0.25) is 9.59 Å². The van der Waals surface area contributed by atoms with Gasteiger partial charge in [0.2, 0.25) is 5.76 Å². The second kappa shape index (κ2) is 7.77. The van der Waals surface area contributed by atoms with E-state index >= 15 is 0 Å². The molecule has 0 aliphatic carbocycles. The van der Waals surface area contributed by atoms with Gasteiger partial charge in [-0.2, -0.15) is 0 Å². The molecule has 4 rings (SSSR count). The molecule has 2 N–H and O–H groups in total. The summed E-state index contributed by atoms with van der Waals surface area (Å²) in [5.74, 6) is -1.64. The van der Waals surface area contributed by atoms with E-state index in [1.807, 2.05) is 0 Å². The van der Waals surface area contributed by atoms with Crippen molar-refractivity contribution in [2.24, 2.45) is 0 Å². The molecule has 4 aromatic rings. The summed E-state index contributed by atoms with van der Waals surface area (Å²) in [7, 11) is 0. The van der Waals surface area contributed by atoms with E-state index in [0.29, 0.717) is 21.6 Å². The van der Waals surface area contributed by atoms with Gasteiger partial charge < -0.3 is 15.1 Å². The fourth-order valence-corrected chi connectivity index (χ4v) is 3.09. The largest absolute Gasteiger partial charge is 0.449 e. The van der Waals surface area contributed by atoms with Gasteiger partial charge in [0.25, 0.3) is 11.8 Å². The van der Waals surface area contributed by atoms with Crippen LogP contribution in [0.4, 0.5) is 15.8 Å². The van der Waals surface area contributed by atoms with Crippen molar-refractivity contribution in [3.63, 3.8) is 0 Å². The number of halogens is 2. The lowest BCUT2D eigenvalue weighted by Crippen LogP contribution is -2.17. The van der Waals surface area contributed by atoms with Crippen molar-refractivity contribution in [1.29, 1.82) is 0 Å². The van der Waals surface area contributed by atoms with Crippen LogP contribution in [0.1, 0.15) is 20.9 Å². The molecule has 0 aliphatic heterocycles. The van der Waals surface area contributed by atoms with Crippen molar-refractivity contribution >= 4 is 45.8 Å². The van der Waals surface area contributed by atoms with E-state index < -0.39 is 17.6 Å². The number of carbonyl (C=O) groups excluding carboxylic acids is 2. The number of anilines is 2. The maximum atomic E-state index is 13.4. The van der Waals surface area contributed by atoms with Gasteiger partial charge in [-0.15, -0.1) is 0 Å². The van der Waals surface area contributed by atoms with Crippen molar-refractivity contribution in [2.45, 2.75) is 0 Å². The molecule has 0 saturated carbocycles. The average Bonchev–Trinajstić information content (AvgIpc) is 3.07. The number of furan rings is 1. The van der Waals surface area contributed by atoms with Gasteiger partial charge in [-0.25, -0.2) is 4.39 Å². The van der Waals surface area contributed by atoms with E-state index in [1.54, 1.807) is 48.5 Å². The molecule has 5 nitrogen and oxygen atoms in total. The highest BCUT2D eigenvalue weighted by molar-refractivity contribution is 6.31. The lowest BCUT2D eigenvalue weighted by molar-refractivity contribution is 0.0999. The van der Waals surface area contributed by atoms with E-state index in [2.05, 4.69) is 10.6 Å². The zero-order valence-electron chi connectivity index (χ0n) is 14.9. The second-order valence-corrected chi connectivity index (χ2v) is 6.67. The first-order chi connectivity index (χ1) is 14.0. The van der Waals surface area contributed by atoms with Crippen molar-refractivity contribution in [3.05, 3.63) is 95.0 Å². The Morgan fingerprint density at radius 1 is 0.862 bits per heavy atom. The summed E-state index contributed by atoms with van der Waals surface area (Å²) in [5, 5.41) is 6.28. The highest BCUT2D eigenvalue weighted by atomic mass is 35.5. The molecule has 2 amide bonds. The molecular weight excluding hydrogens is 395 g/mol. The molecule has 0 spiro atoms. The van der Waals surface area contributed by atoms with Crippen molar-refractivity contribution in [1.82, 2.24) is 0 Å². The van der Waals surface area contributed by atoms with Crippen molar-refractivity contribution < 1.29 is 18.4 Å². The Balaban J connectivity index is 1.70. The fraction of sp³-hybridized carbons (Fsp3) is 0. The molecule has 7 heteroatoms. The minimum atomic E-state index is -0.617. The van der Waals surface area contributed by atoms with Gasteiger partial charge >= 0.3 is 0 Å². The molecule has 1 heterocycles. The number of fused-ring (bicyclic) bond motifs is 1. The average molecular weight is 409 g/mol. The van der Waals surface area contributed by atoms with Gasteiger partial charge in [0.05, 0.1) is 0 Å². The van der Waals surface area contributed by atoms with Crippen LogP contribution in [-0.4, -0.2) is 11.8 Å². The second-order valence-electron chi connectivity index (χ2n) is 6.23. The minimum Gasteiger partial charge on any atom is -0.449 e. The lowest BCUT2D eigenvalue weighted by Gasteiger charge is -2.08. The fourth-order valence-electron chi connectivity index (χ4n) is 2.90. The smallest absolute Gasteiger partial charge is 0.293 e. The van der Waals surface area contributed by atoms with Gasteiger partial charge in [-0.05, 0) is 48.5 Å². The van der Waals surface area contributed by atoms with Crippen LogP contribution in [0.25, 0.3) is 11.0 Å². The first kappa shape index (κ1) is 18.7. The Bertz CT molecular complexity index is 1240. The van der Waals surface area contributed by atoms with Crippen LogP contribution in [0, 0.1) is 5.82 Å². The number of hydrogen-bond donors (Lipinski definition) is 2. The summed E-state index contributed by atoms with van der Waals surface area (Å²) in [4.78, 5) is 25.5. The van der Waals surface area contributed by atoms with Crippen LogP contribution in [0.5, 0.6) is 0 Å². The van der Waals surface area contributed by atoms with E-state index in [-0.39, 0.29) is 17.1 Å². The van der Waals surface area contributed by atoms with E-state index in [1.165, 1.54) is 24.3 Å². The van der Waals surface area contributed by atoms with Gasteiger partial charge in [0, 0.05) is 21.7 Å². The van der Waals surface area contributed by atoms with Crippen molar-refractivity contribution in [3.8, 4) is 0 Å². The van der Waals surface area contributed by atoms with Crippen LogP contribution in [0.15, 0.2) is 77.2 Å². The van der Waals surface area contributed by atoms with Crippen LogP contribution < -0.4 is 10.6 Å². The maximum absolute atomic E-state index is 13.4. The molecule has 0 fully saturated rings. The summed E-state index contributed by atoms with van der Waals surface area (Å²) in [6.45, 7) is 0. The molecule has 0 bridgehead atoms.